The summed E-state index contributed by atoms with van der Waals surface area (Å²) < 4.78 is 2.58. The lowest BCUT2D eigenvalue weighted by molar-refractivity contribution is 0.0689. The van der Waals surface area contributed by atoms with Gasteiger partial charge >= 0.3 is 5.97 Å². The molecule has 2 rings (SSSR count). The summed E-state index contributed by atoms with van der Waals surface area (Å²) in [7, 11) is 0. The highest BCUT2D eigenvalue weighted by Crippen LogP contribution is 2.10. The first-order valence-electron chi connectivity index (χ1n) is 3.54. The minimum Gasteiger partial charge on any atom is -0.477 e. The van der Waals surface area contributed by atoms with Gasteiger partial charge in [0.05, 0.1) is 6.20 Å². The number of nitrogens with zero attached hydrogens (tertiary/aromatic N) is 2. The summed E-state index contributed by atoms with van der Waals surface area (Å²) in [6.07, 6.45) is 3.06. The Morgan fingerprint density at radius 1 is 1.62 bits per heavy atom. The standard InChI is InChI=1S/C8H5IN2O2/c9-5-1-2-11-6(8(12)13)4-10-7(11)3-5/h1-4H,(H,12,13). The van der Waals surface area contributed by atoms with E-state index in [1.165, 1.54) is 6.20 Å². The van der Waals surface area contributed by atoms with Gasteiger partial charge in [-0.15, -0.1) is 0 Å². The number of aromatic carboxylic acids is 1. The molecule has 1 N–H and O–H groups in total. The third kappa shape index (κ3) is 1.39. The van der Waals surface area contributed by atoms with E-state index in [0.717, 1.165) is 3.57 Å². The first kappa shape index (κ1) is 8.49. The van der Waals surface area contributed by atoms with Crippen LogP contribution in [0.3, 0.4) is 0 Å². The Balaban J connectivity index is 2.76. The van der Waals surface area contributed by atoms with Gasteiger partial charge in [0.15, 0.2) is 5.69 Å². The Bertz CT molecular complexity index is 478. The Labute approximate surface area is 87.4 Å². The number of halogens is 1. The van der Waals surface area contributed by atoms with Crippen molar-refractivity contribution in [1.82, 2.24) is 9.38 Å². The highest BCUT2D eigenvalue weighted by atomic mass is 127. The van der Waals surface area contributed by atoms with E-state index in [1.807, 2.05) is 12.1 Å². The Hall–Kier alpha value is -1.11. The lowest BCUT2D eigenvalue weighted by Gasteiger charge is -1.96. The fourth-order valence-corrected chi connectivity index (χ4v) is 1.55. The van der Waals surface area contributed by atoms with Gasteiger partial charge in [0.1, 0.15) is 5.65 Å². The number of carbonyl (C=O) groups is 1. The number of imidazole rings is 1. The maximum atomic E-state index is 10.7. The lowest BCUT2D eigenvalue weighted by Crippen LogP contribution is -2.00. The quantitative estimate of drug-likeness (QED) is 0.812. The molecule has 0 bridgehead atoms. The second-order valence-corrected chi connectivity index (χ2v) is 3.77. The van der Waals surface area contributed by atoms with Crippen LogP contribution < -0.4 is 0 Å². The van der Waals surface area contributed by atoms with Crippen molar-refractivity contribution in [3.05, 3.63) is 33.8 Å². The number of hydrogen-bond acceptors (Lipinski definition) is 2. The molecule has 0 amide bonds. The number of aromatic nitrogens is 2. The van der Waals surface area contributed by atoms with Gasteiger partial charge in [-0.2, -0.15) is 0 Å². The van der Waals surface area contributed by atoms with Gasteiger partial charge in [-0.25, -0.2) is 9.78 Å². The maximum Gasteiger partial charge on any atom is 0.354 e. The molecule has 0 aliphatic rings. The van der Waals surface area contributed by atoms with E-state index >= 15 is 0 Å². The smallest absolute Gasteiger partial charge is 0.354 e. The van der Waals surface area contributed by atoms with E-state index in [9.17, 15) is 4.79 Å². The molecular weight excluding hydrogens is 283 g/mol. The minimum absolute atomic E-state index is 0.186. The van der Waals surface area contributed by atoms with Crippen molar-refractivity contribution < 1.29 is 9.90 Å². The van der Waals surface area contributed by atoms with Crippen LogP contribution in [0, 0.1) is 3.57 Å². The summed E-state index contributed by atoms with van der Waals surface area (Å²) in [6.45, 7) is 0. The second-order valence-electron chi connectivity index (χ2n) is 2.52. The van der Waals surface area contributed by atoms with Gasteiger partial charge in [0.2, 0.25) is 0 Å². The van der Waals surface area contributed by atoms with Crippen LogP contribution in [0.5, 0.6) is 0 Å². The van der Waals surface area contributed by atoms with Crippen LogP contribution in [-0.2, 0) is 0 Å². The molecular formula is C8H5IN2O2. The fraction of sp³-hybridized carbons (Fsp3) is 0. The summed E-state index contributed by atoms with van der Waals surface area (Å²) in [5, 5.41) is 8.78. The van der Waals surface area contributed by atoms with E-state index in [-0.39, 0.29) is 5.69 Å². The van der Waals surface area contributed by atoms with Crippen molar-refractivity contribution in [1.29, 1.82) is 0 Å². The zero-order chi connectivity index (χ0) is 9.42. The zero-order valence-electron chi connectivity index (χ0n) is 6.44. The molecule has 0 atom stereocenters. The first-order valence-corrected chi connectivity index (χ1v) is 4.62. The number of pyridine rings is 1. The van der Waals surface area contributed by atoms with E-state index in [1.54, 1.807) is 10.6 Å². The third-order valence-corrected chi connectivity index (χ3v) is 2.37. The lowest BCUT2D eigenvalue weighted by atomic mass is 10.4. The summed E-state index contributed by atoms with van der Waals surface area (Å²) in [6, 6.07) is 3.66. The van der Waals surface area contributed by atoms with Crippen LogP contribution in [0.4, 0.5) is 0 Å². The molecule has 4 nitrogen and oxygen atoms in total. The molecule has 0 spiro atoms. The third-order valence-electron chi connectivity index (χ3n) is 1.69. The zero-order valence-corrected chi connectivity index (χ0v) is 8.59. The molecule has 13 heavy (non-hydrogen) atoms. The highest BCUT2D eigenvalue weighted by molar-refractivity contribution is 14.1. The monoisotopic (exact) mass is 288 g/mol. The van der Waals surface area contributed by atoms with E-state index < -0.39 is 5.97 Å². The molecule has 0 aromatic carbocycles. The molecule has 0 aliphatic carbocycles. The molecule has 0 fully saturated rings. The van der Waals surface area contributed by atoms with E-state index in [2.05, 4.69) is 27.6 Å². The Morgan fingerprint density at radius 2 is 2.38 bits per heavy atom. The molecule has 2 aromatic rings. The average Bonchev–Trinajstić information content (AvgIpc) is 2.46. The maximum absolute atomic E-state index is 10.7. The second kappa shape index (κ2) is 2.99. The van der Waals surface area contributed by atoms with Crippen molar-refractivity contribution in [3.63, 3.8) is 0 Å². The number of fused-ring (bicyclic) bond motifs is 1. The number of rotatable bonds is 1. The van der Waals surface area contributed by atoms with Crippen LogP contribution in [0.2, 0.25) is 0 Å². The van der Waals surface area contributed by atoms with E-state index in [4.69, 9.17) is 5.11 Å². The summed E-state index contributed by atoms with van der Waals surface area (Å²) >= 11 is 2.15. The molecule has 0 radical (unpaired) electrons. The molecule has 0 saturated carbocycles. The topological polar surface area (TPSA) is 54.6 Å². The number of carboxylic acids is 1. The SMILES string of the molecule is O=C(O)c1cnc2cc(I)ccn12. The van der Waals surface area contributed by atoms with Gasteiger partial charge in [0.25, 0.3) is 0 Å². The highest BCUT2D eigenvalue weighted by Gasteiger charge is 2.09. The minimum atomic E-state index is -0.964. The Kier molecular flexibility index (Phi) is 1.95. The molecule has 0 aliphatic heterocycles. The van der Waals surface area contributed by atoms with Crippen molar-refractivity contribution in [2.24, 2.45) is 0 Å². The van der Waals surface area contributed by atoms with Crippen LogP contribution in [0.15, 0.2) is 24.5 Å². The molecule has 2 aromatic heterocycles. The van der Waals surface area contributed by atoms with Gasteiger partial charge in [-0.05, 0) is 34.7 Å². The average molecular weight is 288 g/mol. The Morgan fingerprint density at radius 3 is 3.08 bits per heavy atom. The van der Waals surface area contributed by atoms with Crippen molar-refractivity contribution in [3.8, 4) is 0 Å². The first-order chi connectivity index (χ1) is 6.18. The van der Waals surface area contributed by atoms with Crippen LogP contribution in [0.25, 0.3) is 5.65 Å². The van der Waals surface area contributed by atoms with Crippen LogP contribution >= 0.6 is 22.6 Å². The van der Waals surface area contributed by atoms with Crippen LogP contribution in [0.1, 0.15) is 10.5 Å². The predicted molar refractivity (Wildman–Crippen MR) is 54.9 cm³/mol. The number of carboxylic acid groups (broad SMARTS) is 1. The molecule has 0 saturated heterocycles. The molecule has 66 valence electrons. The summed E-state index contributed by atoms with van der Waals surface area (Å²) in [5.74, 6) is -0.964. The molecule has 5 heteroatoms. The summed E-state index contributed by atoms with van der Waals surface area (Å²) in [5.41, 5.74) is 0.843. The molecule has 0 unspecified atom stereocenters. The number of hydrogen-bond donors (Lipinski definition) is 1. The largest absolute Gasteiger partial charge is 0.477 e. The van der Waals surface area contributed by atoms with E-state index in [0.29, 0.717) is 5.65 Å². The van der Waals surface area contributed by atoms with Gasteiger partial charge in [0, 0.05) is 9.77 Å². The molecule has 2 heterocycles. The van der Waals surface area contributed by atoms with Crippen molar-refractivity contribution in [2.45, 2.75) is 0 Å². The van der Waals surface area contributed by atoms with Crippen LogP contribution in [-0.4, -0.2) is 20.5 Å². The summed E-state index contributed by atoms with van der Waals surface area (Å²) in [4.78, 5) is 14.7. The van der Waals surface area contributed by atoms with Crippen molar-refractivity contribution in [2.75, 3.05) is 0 Å². The normalized spacial score (nSPS) is 10.5. The fourth-order valence-electron chi connectivity index (χ4n) is 1.11. The van der Waals surface area contributed by atoms with Gasteiger partial charge < -0.3 is 5.11 Å². The predicted octanol–water partition coefficient (Wildman–Crippen LogP) is 1.64. The van der Waals surface area contributed by atoms with Gasteiger partial charge in [-0.1, -0.05) is 0 Å². The van der Waals surface area contributed by atoms with Crippen molar-refractivity contribution >= 4 is 34.2 Å². The van der Waals surface area contributed by atoms with Gasteiger partial charge in [-0.3, -0.25) is 4.40 Å².